The molecule has 1 aliphatic carbocycles. The largest absolute Gasteiger partial charge is 0.493 e. The van der Waals surface area contributed by atoms with Gasteiger partial charge in [0.1, 0.15) is 5.82 Å². The number of carbonyl (C=O) groups excluding carboxylic acids is 1. The maximum Gasteiger partial charge on any atom is 0.224 e. The summed E-state index contributed by atoms with van der Waals surface area (Å²) in [5.74, 6) is 1.35. The molecule has 138 valence electrons. The summed E-state index contributed by atoms with van der Waals surface area (Å²) in [5.41, 5.74) is 1.68. The summed E-state index contributed by atoms with van der Waals surface area (Å²) in [6.07, 6.45) is 1.02. The molecule has 6 heteroatoms. The van der Waals surface area contributed by atoms with Gasteiger partial charge < -0.3 is 19.5 Å². The number of amides is 1. The van der Waals surface area contributed by atoms with E-state index in [-0.39, 0.29) is 30.1 Å². The van der Waals surface area contributed by atoms with Crippen LogP contribution in [0.25, 0.3) is 0 Å². The van der Waals surface area contributed by atoms with E-state index < -0.39 is 0 Å². The number of ether oxygens (including phenoxy) is 3. The molecule has 2 atom stereocenters. The predicted octanol–water partition coefficient (Wildman–Crippen LogP) is 3.07. The normalized spacial score (nSPS) is 18.2. The van der Waals surface area contributed by atoms with Crippen molar-refractivity contribution in [1.82, 2.24) is 5.32 Å². The Labute approximate surface area is 152 Å². The average Bonchev–Trinajstić information content (AvgIpc) is 3.39. The van der Waals surface area contributed by atoms with Gasteiger partial charge in [0.15, 0.2) is 11.5 Å². The fourth-order valence-electron chi connectivity index (χ4n) is 3.14. The van der Waals surface area contributed by atoms with Crippen molar-refractivity contribution < 1.29 is 23.4 Å². The molecular formula is C20H22FNO4. The molecule has 3 rings (SSSR count). The van der Waals surface area contributed by atoms with Crippen molar-refractivity contribution in [3.63, 3.8) is 0 Å². The van der Waals surface area contributed by atoms with Crippen LogP contribution >= 0.6 is 0 Å². The molecule has 2 aromatic carbocycles. The van der Waals surface area contributed by atoms with Gasteiger partial charge in [-0.25, -0.2) is 4.39 Å². The van der Waals surface area contributed by atoms with Crippen LogP contribution in [-0.4, -0.2) is 33.3 Å². The van der Waals surface area contributed by atoms with Crippen LogP contribution in [0.3, 0.4) is 0 Å². The summed E-state index contributed by atoms with van der Waals surface area (Å²) in [6, 6.07) is 10.1. The van der Waals surface area contributed by atoms with Gasteiger partial charge in [-0.15, -0.1) is 0 Å². The van der Waals surface area contributed by atoms with Crippen molar-refractivity contribution in [2.45, 2.75) is 24.8 Å². The molecule has 1 aliphatic rings. The number of hydrogen-bond acceptors (Lipinski definition) is 4. The lowest BCUT2D eigenvalue weighted by Crippen LogP contribution is -2.28. The number of rotatable bonds is 7. The first-order chi connectivity index (χ1) is 12.5. The molecule has 0 saturated heterocycles. The van der Waals surface area contributed by atoms with Gasteiger partial charge in [0.05, 0.1) is 27.8 Å². The third-order valence-electron chi connectivity index (χ3n) is 4.50. The van der Waals surface area contributed by atoms with Crippen LogP contribution in [0.1, 0.15) is 23.5 Å². The Kier molecular flexibility index (Phi) is 5.30. The number of hydrogen-bond donors (Lipinski definition) is 1. The lowest BCUT2D eigenvalue weighted by molar-refractivity contribution is -0.120. The third kappa shape index (κ3) is 3.90. The molecule has 0 radical (unpaired) electrons. The molecule has 5 nitrogen and oxygen atoms in total. The second-order valence-corrected chi connectivity index (χ2v) is 6.28. The van der Waals surface area contributed by atoms with Gasteiger partial charge in [-0.2, -0.15) is 0 Å². The minimum absolute atomic E-state index is 0.0475. The first-order valence-electron chi connectivity index (χ1n) is 8.39. The van der Waals surface area contributed by atoms with E-state index in [9.17, 15) is 9.18 Å². The second kappa shape index (κ2) is 7.64. The van der Waals surface area contributed by atoms with E-state index in [4.69, 9.17) is 14.2 Å². The highest BCUT2D eigenvalue weighted by atomic mass is 19.1. The minimum atomic E-state index is -0.253. The van der Waals surface area contributed by atoms with Crippen LogP contribution in [0.4, 0.5) is 4.39 Å². The van der Waals surface area contributed by atoms with Crippen LogP contribution < -0.4 is 19.5 Å². The highest BCUT2D eigenvalue weighted by Gasteiger charge is 2.39. The molecule has 26 heavy (non-hydrogen) atoms. The van der Waals surface area contributed by atoms with E-state index >= 15 is 0 Å². The lowest BCUT2D eigenvalue weighted by Gasteiger charge is -2.14. The highest BCUT2D eigenvalue weighted by Crippen LogP contribution is 2.41. The Morgan fingerprint density at radius 2 is 1.81 bits per heavy atom. The standard InChI is InChI=1S/C20H22FNO4/c1-24-17-7-12(8-18(25-2)20(17)26-3)9-19(23)22-16-11-15(16)13-5-4-6-14(21)10-13/h4-8,10,15-16H,9,11H2,1-3H3,(H,22,23). The number of halogens is 1. The fourth-order valence-corrected chi connectivity index (χ4v) is 3.14. The van der Waals surface area contributed by atoms with Crippen molar-refractivity contribution in [3.8, 4) is 17.2 Å². The van der Waals surface area contributed by atoms with E-state index in [1.807, 2.05) is 6.07 Å². The summed E-state index contributed by atoms with van der Waals surface area (Å²) in [7, 11) is 4.61. The molecule has 2 unspecified atom stereocenters. The van der Waals surface area contributed by atoms with Gasteiger partial charge in [0.2, 0.25) is 11.7 Å². The Bertz CT molecular complexity index is 783. The van der Waals surface area contributed by atoms with E-state index in [1.165, 1.54) is 33.5 Å². The van der Waals surface area contributed by atoms with Gasteiger partial charge in [0.25, 0.3) is 0 Å². The van der Waals surface area contributed by atoms with Gasteiger partial charge >= 0.3 is 0 Å². The maximum absolute atomic E-state index is 13.3. The van der Waals surface area contributed by atoms with Gasteiger partial charge in [-0.05, 0) is 41.8 Å². The predicted molar refractivity (Wildman–Crippen MR) is 95.5 cm³/mol. The van der Waals surface area contributed by atoms with Crippen LogP contribution in [0.5, 0.6) is 17.2 Å². The molecule has 0 bridgehead atoms. The average molecular weight is 359 g/mol. The quantitative estimate of drug-likeness (QED) is 0.826. The van der Waals surface area contributed by atoms with Crippen molar-refractivity contribution in [2.75, 3.05) is 21.3 Å². The number of carbonyl (C=O) groups is 1. The van der Waals surface area contributed by atoms with Crippen molar-refractivity contribution >= 4 is 5.91 Å². The van der Waals surface area contributed by atoms with E-state index in [0.29, 0.717) is 17.2 Å². The molecule has 2 aromatic rings. The van der Waals surface area contributed by atoms with Gasteiger partial charge in [0, 0.05) is 12.0 Å². The van der Waals surface area contributed by atoms with Crippen LogP contribution in [0.15, 0.2) is 36.4 Å². The zero-order valence-electron chi connectivity index (χ0n) is 15.0. The first kappa shape index (κ1) is 18.0. The molecule has 0 heterocycles. The third-order valence-corrected chi connectivity index (χ3v) is 4.50. The topological polar surface area (TPSA) is 56.8 Å². The Morgan fingerprint density at radius 3 is 2.38 bits per heavy atom. The number of benzene rings is 2. The van der Waals surface area contributed by atoms with E-state index in [1.54, 1.807) is 18.2 Å². The number of methoxy groups -OCH3 is 3. The van der Waals surface area contributed by atoms with Gasteiger partial charge in [-0.1, -0.05) is 12.1 Å². The maximum atomic E-state index is 13.3. The van der Waals surface area contributed by atoms with Crippen molar-refractivity contribution in [2.24, 2.45) is 0 Å². The highest BCUT2D eigenvalue weighted by molar-refractivity contribution is 5.80. The molecule has 1 saturated carbocycles. The molecule has 1 fully saturated rings. The van der Waals surface area contributed by atoms with Crippen LogP contribution in [-0.2, 0) is 11.2 Å². The van der Waals surface area contributed by atoms with Crippen molar-refractivity contribution in [3.05, 3.63) is 53.3 Å². The fraction of sp³-hybridized carbons (Fsp3) is 0.350. The zero-order chi connectivity index (χ0) is 18.7. The summed E-state index contributed by atoms with van der Waals surface area (Å²) < 4.78 is 29.2. The smallest absolute Gasteiger partial charge is 0.224 e. The Morgan fingerprint density at radius 1 is 1.12 bits per heavy atom. The Balaban J connectivity index is 1.64. The SMILES string of the molecule is COc1cc(CC(=O)NC2CC2c2cccc(F)c2)cc(OC)c1OC. The van der Waals surface area contributed by atoms with Gasteiger partial charge in [-0.3, -0.25) is 4.79 Å². The number of nitrogens with one attached hydrogen (secondary N) is 1. The first-order valence-corrected chi connectivity index (χ1v) is 8.39. The minimum Gasteiger partial charge on any atom is -0.493 e. The lowest BCUT2D eigenvalue weighted by atomic mass is 10.1. The monoisotopic (exact) mass is 359 g/mol. The molecule has 0 aliphatic heterocycles. The summed E-state index contributed by atoms with van der Waals surface area (Å²) in [4.78, 5) is 12.4. The van der Waals surface area contributed by atoms with E-state index in [2.05, 4.69) is 5.32 Å². The van der Waals surface area contributed by atoms with E-state index in [0.717, 1.165) is 17.5 Å². The zero-order valence-corrected chi connectivity index (χ0v) is 15.0. The molecule has 1 N–H and O–H groups in total. The molecular weight excluding hydrogens is 337 g/mol. The van der Waals surface area contributed by atoms with Crippen LogP contribution in [0.2, 0.25) is 0 Å². The Hall–Kier alpha value is -2.76. The van der Waals surface area contributed by atoms with Crippen LogP contribution in [0, 0.1) is 5.82 Å². The van der Waals surface area contributed by atoms with Crippen molar-refractivity contribution in [1.29, 1.82) is 0 Å². The summed E-state index contributed by atoms with van der Waals surface area (Å²) >= 11 is 0. The molecule has 0 spiro atoms. The summed E-state index contributed by atoms with van der Waals surface area (Å²) in [5, 5.41) is 3.00. The molecule has 1 amide bonds. The molecule has 0 aromatic heterocycles. The second-order valence-electron chi connectivity index (χ2n) is 6.28. The summed E-state index contributed by atoms with van der Waals surface area (Å²) in [6.45, 7) is 0.